The lowest BCUT2D eigenvalue weighted by molar-refractivity contribution is -0.140. The molecule has 1 fully saturated rings. The van der Waals surface area contributed by atoms with Crippen molar-refractivity contribution < 1.29 is 17.6 Å². The summed E-state index contributed by atoms with van der Waals surface area (Å²) in [7, 11) is 0. The molecule has 0 radical (unpaired) electrons. The van der Waals surface area contributed by atoms with Crippen LogP contribution in [0.1, 0.15) is 30.7 Å². The smallest absolute Gasteiger partial charge is 0.403 e. The Balaban J connectivity index is 1.69. The molecule has 1 N–H and O–H groups in total. The van der Waals surface area contributed by atoms with Crippen LogP contribution in [0.5, 0.6) is 0 Å². The number of nitrogens with zero attached hydrogens (tertiary/aromatic N) is 5. The molecular weight excluding hydrogens is 425 g/mol. The van der Waals surface area contributed by atoms with E-state index in [0.717, 1.165) is 36.9 Å². The van der Waals surface area contributed by atoms with E-state index in [1.54, 1.807) is 25.1 Å². The summed E-state index contributed by atoms with van der Waals surface area (Å²) in [6, 6.07) is 8.31. The van der Waals surface area contributed by atoms with Crippen LogP contribution in [-0.2, 0) is 6.18 Å². The molecule has 8 nitrogen and oxygen atoms in total. The number of benzene rings is 1. The summed E-state index contributed by atoms with van der Waals surface area (Å²) < 4.78 is 47.8. The van der Waals surface area contributed by atoms with Crippen LogP contribution in [0, 0.1) is 6.92 Å². The Labute approximate surface area is 179 Å². The first kappa shape index (κ1) is 20.3. The van der Waals surface area contributed by atoms with E-state index >= 15 is 0 Å². The molecule has 0 unspecified atom stereocenters. The lowest BCUT2D eigenvalue weighted by Crippen LogP contribution is -2.29. The molecule has 4 aromatic rings. The van der Waals surface area contributed by atoms with Crippen LogP contribution in [0.25, 0.3) is 28.2 Å². The highest BCUT2D eigenvalue weighted by Crippen LogP contribution is 2.38. The van der Waals surface area contributed by atoms with E-state index in [2.05, 4.69) is 20.3 Å². The molecule has 0 atom stereocenters. The number of nitrogens with one attached hydrogen (secondary N) is 1. The van der Waals surface area contributed by atoms with E-state index in [0.29, 0.717) is 17.3 Å². The number of hydrogen-bond donors (Lipinski definition) is 1. The highest BCUT2D eigenvalue weighted by Gasteiger charge is 2.39. The fraction of sp³-hybridized carbons (Fsp3) is 0.333. The molecule has 1 saturated heterocycles. The Kier molecular flexibility index (Phi) is 4.75. The van der Waals surface area contributed by atoms with Gasteiger partial charge in [-0.1, -0.05) is 35.4 Å². The van der Waals surface area contributed by atoms with Crippen LogP contribution in [0.15, 0.2) is 39.5 Å². The number of rotatable bonds is 3. The van der Waals surface area contributed by atoms with Gasteiger partial charge in [0, 0.05) is 18.8 Å². The third kappa shape index (κ3) is 3.33. The molecule has 0 aliphatic carbocycles. The minimum atomic E-state index is -4.75. The average Bonchev–Trinajstić information content (AvgIpc) is 3.40. The van der Waals surface area contributed by atoms with Gasteiger partial charge < -0.3 is 14.3 Å². The van der Waals surface area contributed by atoms with Crippen molar-refractivity contribution in [2.24, 2.45) is 0 Å². The summed E-state index contributed by atoms with van der Waals surface area (Å²) in [4.78, 5) is 18.1. The van der Waals surface area contributed by atoms with Crippen molar-refractivity contribution in [2.75, 3.05) is 18.0 Å². The standard InChI is InChI=1S/C21H19F3N6O2/c1-12-14(18-26-27-20(32-18)29-10-6-3-7-11-29)19(31)30-17(25-12)15(13-8-4-2-5-9-13)16(28-30)21(22,23)24/h2,4-5,8-9,25H,3,6-7,10-11H2,1H3. The van der Waals surface area contributed by atoms with Crippen molar-refractivity contribution in [2.45, 2.75) is 32.4 Å². The zero-order chi connectivity index (χ0) is 22.5. The lowest BCUT2D eigenvalue weighted by atomic mass is 10.1. The van der Waals surface area contributed by atoms with E-state index in [9.17, 15) is 18.0 Å². The molecule has 11 heteroatoms. The number of piperidine rings is 1. The van der Waals surface area contributed by atoms with Crippen molar-refractivity contribution in [1.82, 2.24) is 24.8 Å². The number of aromatic nitrogens is 5. The Bertz CT molecular complexity index is 1330. The molecule has 1 aliphatic rings. The van der Waals surface area contributed by atoms with Gasteiger partial charge in [-0.2, -0.15) is 22.8 Å². The molecule has 1 aliphatic heterocycles. The Hall–Kier alpha value is -3.63. The molecule has 3 aromatic heterocycles. The van der Waals surface area contributed by atoms with Crippen LogP contribution >= 0.6 is 0 Å². The maximum absolute atomic E-state index is 13.8. The molecule has 0 amide bonds. The minimum absolute atomic E-state index is 0.0101. The fourth-order valence-corrected chi connectivity index (χ4v) is 4.04. The predicted octanol–water partition coefficient (Wildman–Crippen LogP) is 4.06. The van der Waals surface area contributed by atoms with E-state index < -0.39 is 17.4 Å². The third-order valence-corrected chi connectivity index (χ3v) is 5.56. The van der Waals surface area contributed by atoms with Crippen molar-refractivity contribution in [3.63, 3.8) is 0 Å². The highest BCUT2D eigenvalue weighted by molar-refractivity contribution is 5.81. The van der Waals surface area contributed by atoms with Crippen LogP contribution in [0.3, 0.4) is 0 Å². The second kappa shape index (κ2) is 7.50. The minimum Gasteiger partial charge on any atom is -0.403 e. The number of H-pyrrole nitrogens is 1. The molecule has 1 aromatic carbocycles. The van der Waals surface area contributed by atoms with E-state index in [1.807, 2.05) is 4.90 Å². The first-order valence-electron chi connectivity index (χ1n) is 10.2. The van der Waals surface area contributed by atoms with Gasteiger partial charge in [0.15, 0.2) is 5.69 Å². The molecule has 0 saturated carbocycles. The Morgan fingerprint density at radius 2 is 1.75 bits per heavy atom. The van der Waals surface area contributed by atoms with Crippen molar-refractivity contribution >= 4 is 11.7 Å². The molecule has 32 heavy (non-hydrogen) atoms. The zero-order valence-electron chi connectivity index (χ0n) is 17.1. The van der Waals surface area contributed by atoms with Gasteiger partial charge in [-0.3, -0.25) is 4.79 Å². The van der Waals surface area contributed by atoms with Gasteiger partial charge >= 0.3 is 12.2 Å². The molecule has 0 bridgehead atoms. The summed E-state index contributed by atoms with van der Waals surface area (Å²) in [5, 5.41) is 11.7. The van der Waals surface area contributed by atoms with Gasteiger partial charge in [0.2, 0.25) is 0 Å². The van der Waals surface area contributed by atoms with Gasteiger partial charge in [-0.05, 0) is 31.7 Å². The van der Waals surface area contributed by atoms with E-state index in [1.165, 1.54) is 12.1 Å². The number of alkyl halides is 3. The number of halogens is 3. The topological polar surface area (TPSA) is 92.3 Å². The maximum atomic E-state index is 13.8. The normalized spacial score (nSPS) is 14.9. The summed E-state index contributed by atoms with van der Waals surface area (Å²) in [6.07, 6.45) is -1.63. The molecule has 0 spiro atoms. The maximum Gasteiger partial charge on any atom is 0.435 e. The van der Waals surface area contributed by atoms with Gasteiger partial charge in [-0.15, -0.1) is 5.10 Å². The first-order valence-corrected chi connectivity index (χ1v) is 10.2. The van der Waals surface area contributed by atoms with Gasteiger partial charge in [-0.25, -0.2) is 0 Å². The van der Waals surface area contributed by atoms with Crippen LogP contribution < -0.4 is 10.5 Å². The number of fused-ring (bicyclic) bond motifs is 1. The Morgan fingerprint density at radius 1 is 1.03 bits per heavy atom. The molecular formula is C21H19F3N6O2. The summed E-state index contributed by atoms with van der Waals surface area (Å²) >= 11 is 0. The second-order valence-corrected chi connectivity index (χ2v) is 7.72. The quantitative estimate of drug-likeness (QED) is 0.512. The SMILES string of the molecule is Cc1[nH]c2c(-c3ccccc3)c(C(F)(F)F)nn2c(=O)c1-c1nnc(N2CCCCC2)o1. The first-order chi connectivity index (χ1) is 15.3. The fourth-order valence-electron chi connectivity index (χ4n) is 4.04. The van der Waals surface area contributed by atoms with Crippen molar-refractivity contribution in [1.29, 1.82) is 0 Å². The number of hydrogen-bond acceptors (Lipinski definition) is 6. The van der Waals surface area contributed by atoms with E-state index in [4.69, 9.17) is 4.42 Å². The molecule has 4 heterocycles. The van der Waals surface area contributed by atoms with Crippen molar-refractivity contribution in [3.8, 4) is 22.6 Å². The van der Waals surface area contributed by atoms with Crippen LogP contribution in [-0.4, -0.2) is 37.9 Å². The molecule has 166 valence electrons. The lowest BCUT2D eigenvalue weighted by Gasteiger charge is -2.24. The number of anilines is 1. The number of aryl methyl sites for hydroxylation is 1. The summed E-state index contributed by atoms with van der Waals surface area (Å²) in [5.74, 6) is -0.0588. The van der Waals surface area contributed by atoms with Crippen LogP contribution in [0.4, 0.5) is 19.2 Å². The summed E-state index contributed by atoms with van der Waals surface area (Å²) in [6.45, 7) is 3.12. The molecule has 5 rings (SSSR count). The van der Waals surface area contributed by atoms with E-state index in [-0.39, 0.29) is 22.7 Å². The van der Waals surface area contributed by atoms with Gasteiger partial charge in [0.25, 0.3) is 11.4 Å². The predicted molar refractivity (Wildman–Crippen MR) is 110 cm³/mol. The van der Waals surface area contributed by atoms with Crippen LogP contribution in [0.2, 0.25) is 0 Å². The monoisotopic (exact) mass is 444 g/mol. The largest absolute Gasteiger partial charge is 0.435 e. The average molecular weight is 444 g/mol. The Morgan fingerprint density at radius 3 is 2.44 bits per heavy atom. The van der Waals surface area contributed by atoms with Crippen molar-refractivity contribution in [3.05, 3.63) is 52.1 Å². The zero-order valence-corrected chi connectivity index (χ0v) is 17.1. The third-order valence-electron chi connectivity index (χ3n) is 5.56. The van der Waals surface area contributed by atoms with Gasteiger partial charge in [0.1, 0.15) is 11.2 Å². The van der Waals surface area contributed by atoms with Gasteiger partial charge in [0.05, 0.1) is 5.56 Å². The summed E-state index contributed by atoms with van der Waals surface area (Å²) in [5.41, 5.74) is -1.56. The number of aromatic amines is 1. The second-order valence-electron chi connectivity index (χ2n) is 7.72. The highest BCUT2D eigenvalue weighted by atomic mass is 19.4.